The second-order valence-corrected chi connectivity index (χ2v) is 14.2. The number of nitrogens with zero attached hydrogens (tertiary/aromatic N) is 7. The molecule has 3 atom stereocenters. The lowest BCUT2D eigenvalue weighted by Gasteiger charge is -2.49. The zero-order valence-electron chi connectivity index (χ0n) is 23.2. The van der Waals surface area contributed by atoms with Crippen molar-refractivity contribution >= 4 is 33.1 Å². The zero-order chi connectivity index (χ0) is 30.1. The molecule has 41 heavy (non-hydrogen) atoms. The molecule has 3 aliphatic rings. The lowest BCUT2D eigenvalue weighted by atomic mass is 9.87. The van der Waals surface area contributed by atoms with Crippen LogP contribution in [0.25, 0.3) is 0 Å². The number of ether oxygens (including phenoxy) is 1. The van der Waals surface area contributed by atoms with Gasteiger partial charge in [0.05, 0.1) is 17.6 Å². The van der Waals surface area contributed by atoms with Gasteiger partial charge in [0.1, 0.15) is 28.8 Å². The number of aromatic nitrogens is 3. The summed E-state index contributed by atoms with van der Waals surface area (Å²) < 4.78 is 66.5. The first kappa shape index (κ1) is 28.8. The highest BCUT2D eigenvalue weighted by Gasteiger charge is 2.57. The van der Waals surface area contributed by atoms with Crippen LogP contribution in [0.5, 0.6) is 5.75 Å². The van der Waals surface area contributed by atoms with Gasteiger partial charge in [0.25, 0.3) is 0 Å². The monoisotopic (exact) mass is 593 g/mol. The van der Waals surface area contributed by atoms with Crippen molar-refractivity contribution in [1.29, 1.82) is 5.26 Å². The number of piperazine rings is 1. The molecule has 2 saturated heterocycles. The Balaban J connectivity index is 1.48. The second-order valence-electron chi connectivity index (χ2n) is 11.7. The quantitative estimate of drug-likeness (QED) is 0.521. The molecule has 11 nitrogen and oxygen atoms in total. The number of carbonyl (C=O) groups is 1. The highest BCUT2D eigenvalue weighted by molar-refractivity contribution is 7.95. The van der Waals surface area contributed by atoms with Gasteiger partial charge in [-0.3, -0.25) is 4.79 Å². The number of pyridine rings is 1. The second kappa shape index (κ2) is 9.43. The van der Waals surface area contributed by atoms with Crippen molar-refractivity contribution < 1.29 is 31.1 Å². The molecule has 0 N–H and O–H groups in total. The van der Waals surface area contributed by atoms with Crippen LogP contribution >= 0.6 is 0 Å². The summed E-state index contributed by atoms with van der Waals surface area (Å²) in [6.07, 6.45) is -2.01. The van der Waals surface area contributed by atoms with E-state index in [9.17, 15) is 31.6 Å². The van der Waals surface area contributed by atoms with Crippen LogP contribution in [-0.4, -0.2) is 82.8 Å². The van der Waals surface area contributed by atoms with Gasteiger partial charge in [-0.15, -0.1) is 13.2 Å². The van der Waals surface area contributed by atoms with Crippen LogP contribution in [0.4, 0.5) is 30.5 Å². The van der Waals surface area contributed by atoms with E-state index in [0.29, 0.717) is 37.7 Å². The molecule has 0 aliphatic carbocycles. The molecule has 5 rings (SSSR count). The molecule has 5 heterocycles. The van der Waals surface area contributed by atoms with Crippen molar-refractivity contribution in [2.75, 3.05) is 35.2 Å². The van der Waals surface area contributed by atoms with Gasteiger partial charge in [0, 0.05) is 48.8 Å². The Morgan fingerprint density at radius 2 is 1.80 bits per heavy atom. The fraction of sp³-hybridized carbons (Fsp3) is 0.577. The number of halogens is 3. The number of fused-ring (bicyclic) bond motifs is 1. The van der Waals surface area contributed by atoms with Crippen LogP contribution in [-0.2, 0) is 20.0 Å². The van der Waals surface area contributed by atoms with Crippen LogP contribution in [0.3, 0.4) is 0 Å². The van der Waals surface area contributed by atoms with Crippen LogP contribution in [0.15, 0.2) is 18.6 Å². The number of carbonyl (C=O) groups excluding carboxylic acids is 1. The summed E-state index contributed by atoms with van der Waals surface area (Å²) in [5.74, 6) is 0.0348. The predicted octanol–water partition coefficient (Wildman–Crippen LogP) is 3.07. The normalized spacial score (nSPS) is 26.7. The number of hydrogen-bond donors (Lipinski definition) is 0. The van der Waals surface area contributed by atoms with Gasteiger partial charge in [-0.25, -0.2) is 23.4 Å². The minimum Gasteiger partial charge on any atom is -0.403 e. The molecule has 0 aromatic carbocycles. The minimum atomic E-state index is -5.00. The summed E-state index contributed by atoms with van der Waals surface area (Å²) in [6, 6.07) is 2.22. The maximum atomic E-state index is 13.4. The summed E-state index contributed by atoms with van der Waals surface area (Å²) in [6.45, 7) is 10.3. The minimum absolute atomic E-state index is 0.0103. The van der Waals surface area contributed by atoms with Gasteiger partial charge in [-0.05, 0) is 27.2 Å². The highest BCUT2D eigenvalue weighted by atomic mass is 32.2. The zero-order valence-corrected chi connectivity index (χ0v) is 24.0. The molecular weight excluding hydrogens is 563 g/mol. The third-order valence-electron chi connectivity index (χ3n) is 8.28. The molecular formula is C26H30F3N7O4S. The molecule has 0 spiro atoms. The van der Waals surface area contributed by atoms with E-state index < -0.39 is 37.8 Å². The predicted molar refractivity (Wildman–Crippen MR) is 142 cm³/mol. The molecule has 2 fully saturated rings. The molecule has 0 saturated carbocycles. The molecule has 0 unspecified atom stereocenters. The average Bonchev–Trinajstić information content (AvgIpc) is 3.18. The molecule has 0 bridgehead atoms. The summed E-state index contributed by atoms with van der Waals surface area (Å²) in [4.78, 5) is 31.7. The summed E-state index contributed by atoms with van der Waals surface area (Å²) in [5.41, 5.74) is 0.00213. The van der Waals surface area contributed by atoms with E-state index in [1.807, 2.05) is 27.7 Å². The average molecular weight is 594 g/mol. The number of hydrogen-bond acceptors (Lipinski definition) is 10. The largest absolute Gasteiger partial charge is 0.573 e. The van der Waals surface area contributed by atoms with E-state index in [1.165, 1.54) is 19.4 Å². The number of nitriles is 1. The molecule has 3 aliphatic heterocycles. The smallest absolute Gasteiger partial charge is 0.403 e. The van der Waals surface area contributed by atoms with Crippen LogP contribution in [0.2, 0.25) is 0 Å². The molecule has 0 radical (unpaired) electrons. The van der Waals surface area contributed by atoms with Crippen molar-refractivity contribution in [2.45, 2.75) is 69.6 Å². The molecule has 1 amide bonds. The molecule has 220 valence electrons. The number of sulfone groups is 1. The van der Waals surface area contributed by atoms with Gasteiger partial charge in [0.2, 0.25) is 5.91 Å². The van der Waals surface area contributed by atoms with Crippen LogP contribution in [0.1, 0.15) is 52.3 Å². The standard InChI is InChI=1S/C26H30F3N7O4S/c1-15-12-35(23(37)25(5)6-7-41(25,38)39)16(2)11-34(15)21-20-22(33-14-32-21)36(13-24(20,3)4)17-8-19(40-26(27,28)29)18(9-30)31-10-17/h8,10,14-16H,6-7,11-13H2,1-5H3/t15-,16+,25-/m0/s1. The van der Waals surface area contributed by atoms with E-state index in [0.717, 1.165) is 11.6 Å². The number of alkyl halides is 3. The van der Waals surface area contributed by atoms with Crippen molar-refractivity contribution in [3.63, 3.8) is 0 Å². The topological polar surface area (TPSA) is 133 Å². The Morgan fingerprint density at radius 3 is 2.39 bits per heavy atom. The van der Waals surface area contributed by atoms with Gasteiger partial charge in [0.15, 0.2) is 21.3 Å². The van der Waals surface area contributed by atoms with Crippen LogP contribution in [0, 0.1) is 11.3 Å². The maximum Gasteiger partial charge on any atom is 0.573 e. The Morgan fingerprint density at radius 1 is 1.12 bits per heavy atom. The first-order valence-electron chi connectivity index (χ1n) is 13.1. The number of anilines is 3. The van der Waals surface area contributed by atoms with E-state index in [-0.39, 0.29) is 29.4 Å². The Labute approximate surface area is 235 Å². The van der Waals surface area contributed by atoms with Crippen molar-refractivity contribution in [3.05, 3.63) is 29.8 Å². The Bertz CT molecular complexity index is 1560. The van der Waals surface area contributed by atoms with Gasteiger partial charge < -0.3 is 19.4 Å². The lowest BCUT2D eigenvalue weighted by Crippen LogP contribution is -2.66. The summed E-state index contributed by atoms with van der Waals surface area (Å²) in [7, 11) is -3.48. The maximum absolute atomic E-state index is 13.4. The van der Waals surface area contributed by atoms with Gasteiger partial charge in [-0.1, -0.05) is 13.8 Å². The fourth-order valence-corrected chi connectivity index (χ4v) is 7.38. The van der Waals surface area contributed by atoms with Crippen molar-refractivity contribution in [2.24, 2.45) is 0 Å². The van der Waals surface area contributed by atoms with E-state index in [4.69, 9.17) is 0 Å². The third-order valence-corrected chi connectivity index (χ3v) is 10.8. The van der Waals surface area contributed by atoms with E-state index in [2.05, 4.69) is 24.6 Å². The van der Waals surface area contributed by atoms with E-state index in [1.54, 1.807) is 15.9 Å². The third kappa shape index (κ3) is 4.71. The SMILES string of the molecule is C[C@@H]1CN(c2ncnc3c2C(C)(C)CN3c2cnc(C#N)c(OC(F)(F)F)c2)[C@@H](C)CN1C(=O)[C@]1(C)CCS1(=O)=O. The highest BCUT2D eigenvalue weighted by Crippen LogP contribution is 2.48. The Kier molecular flexibility index (Phi) is 6.64. The summed E-state index contributed by atoms with van der Waals surface area (Å²) >= 11 is 0. The van der Waals surface area contributed by atoms with Crippen molar-refractivity contribution in [1.82, 2.24) is 19.9 Å². The molecule has 2 aromatic rings. The first-order chi connectivity index (χ1) is 19.0. The van der Waals surface area contributed by atoms with Crippen molar-refractivity contribution in [3.8, 4) is 11.8 Å². The number of amides is 1. The molecule has 2 aromatic heterocycles. The van der Waals surface area contributed by atoms with Gasteiger partial charge >= 0.3 is 6.36 Å². The van der Waals surface area contributed by atoms with Crippen LogP contribution < -0.4 is 14.5 Å². The molecule has 15 heteroatoms. The Hall–Kier alpha value is -3.67. The van der Waals surface area contributed by atoms with Gasteiger partial charge in [-0.2, -0.15) is 5.26 Å². The summed E-state index contributed by atoms with van der Waals surface area (Å²) in [5, 5.41) is 9.23. The lowest BCUT2D eigenvalue weighted by molar-refractivity contribution is -0.274. The first-order valence-corrected chi connectivity index (χ1v) is 14.7. The fourth-order valence-electron chi connectivity index (χ4n) is 5.85. The van der Waals surface area contributed by atoms with E-state index >= 15 is 0 Å². The number of rotatable bonds is 4.